The predicted octanol–water partition coefficient (Wildman–Crippen LogP) is 3.11. The number of benzene rings is 3. The van der Waals surface area contributed by atoms with Crippen molar-refractivity contribution >= 4 is 33.3 Å². The average Bonchev–Trinajstić information content (AvgIpc) is 2.83. The summed E-state index contributed by atoms with van der Waals surface area (Å²) in [6, 6.07) is 12.4. The average molecular weight is 291 g/mol. The molecule has 1 atom stereocenters. The van der Waals surface area contributed by atoms with Crippen LogP contribution in [0.25, 0.3) is 21.5 Å². The summed E-state index contributed by atoms with van der Waals surface area (Å²) in [6.45, 7) is 1.51. The van der Waals surface area contributed by atoms with Crippen molar-refractivity contribution in [2.45, 2.75) is 13.0 Å². The summed E-state index contributed by atoms with van der Waals surface area (Å²) in [5.74, 6) is -0.0602. The molecule has 0 saturated carbocycles. The summed E-state index contributed by atoms with van der Waals surface area (Å²) in [4.78, 5) is 24.0. The summed E-state index contributed by atoms with van der Waals surface area (Å²) in [6.07, 6.45) is 0. The normalized spacial score (nSPS) is 16.8. The first-order chi connectivity index (χ1) is 10.6. The molecular formula is C18H13NO3. The van der Waals surface area contributed by atoms with Crippen LogP contribution in [0.5, 0.6) is 5.75 Å². The van der Waals surface area contributed by atoms with Crippen molar-refractivity contribution in [1.29, 1.82) is 0 Å². The molecule has 0 aliphatic carbocycles. The third-order valence-corrected chi connectivity index (χ3v) is 4.19. The van der Waals surface area contributed by atoms with Gasteiger partial charge in [0.15, 0.2) is 5.78 Å². The second-order valence-electron chi connectivity index (χ2n) is 5.47. The van der Waals surface area contributed by atoms with Crippen molar-refractivity contribution in [1.82, 2.24) is 0 Å². The van der Waals surface area contributed by atoms with Gasteiger partial charge in [0.1, 0.15) is 11.8 Å². The van der Waals surface area contributed by atoms with E-state index in [1.807, 2.05) is 36.4 Å². The minimum absolute atomic E-state index is 0.0605. The smallest absolute Gasteiger partial charge is 0.333 e. The van der Waals surface area contributed by atoms with Crippen LogP contribution in [0.2, 0.25) is 0 Å². The van der Waals surface area contributed by atoms with Crippen molar-refractivity contribution < 1.29 is 14.3 Å². The molecule has 1 heterocycles. The van der Waals surface area contributed by atoms with Gasteiger partial charge < -0.3 is 10.5 Å². The summed E-state index contributed by atoms with van der Waals surface area (Å²) in [5, 5.41) is 3.42. The van der Waals surface area contributed by atoms with E-state index in [0.29, 0.717) is 16.9 Å². The number of esters is 1. The van der Waals surface area contributed by atoms with Gasteiger partial charge in [0.2, 0.25) is 0 Å². The van der Waals surface area contributed by atoms with E-state index in [2.05, 4.69) is 0 Å². The monoisotopic (exact) mass is 291 g/mol. The Labute approximate surface area is 126 Å². The van der Waals surface area contributed by atoms with Gasteiger partial charge in [0.05, 0.1) is 0 Å². The molecule has 1 aliphatic heterocycles. The lowest BCUT2D eigenvalue weighted by molar-refractivity contribution is -0.133. The van der Waals surface area contributed by atoms with E-state index in [1.165, 1.54) is 6.92 Å². The van der Waals surface area contributed by atoms with Crippen molar-refractivity contribution in [2.75, 3.05) is 0 Å². The first-order valence-corrected chi connectivity index (χ1v) is 7.05. The van der Waals surface area contributed by atoms with Gasteiger partial charge >= 0.3 is 5.97 Å². The van der Waals surface area contributed by atoms with Gasteiger partial charge in [-0.05, 0) is 17.7 Å². The highest BCUT2D eigenvalue weighted by Gasteiger charge is 2.35. The first kappa shape index (κ1) is 13.0. The maximum atomic E-state index is 12.0. The topological polar surface area (TPSA) is 69.4 Å². The molecule has 2 N–H and O–H groups in total. The van der Waals surface area contributed by atoms with Crippen LogP contribution in [-0.2, 0) is 4.79 Å². The largest absolute Gasteiger partial charge is 0.424 e. The fourth-order valence-electron chi connectivity index (χ4n) is 3.22. The quantitative estimate of drug-likeness (QED) is 0.324. The molecule has 22 heavy (non-hydrogen) atoms. The minimum atomic E-state index is -0.859. The molecule has 3 aromatic carbocycles. The zero-order chi connectivity index (χ0) is 15.4. The third kappa shape index (κ3) is 1.55. The number of hydrogen-bond acceptors (Lipinski definition) is 4. The minimum Gasteiger partial charge on any atom is -0.424 e. The highest BCUT2D eigenvalue weighted by atomic mass is 16.5. The lowest BCUT2D eigenvalue weighted by Gasteiger charge is -2.13. The van der Waals surface area contributed by atoms with Crippen LogP contribution in [0.3, 0.4) is 0 Å². The van der Waals surface area contributed by atoms with Gasteiger partial charge in [-0.25, -0.2) is 4.79 Å². The van der Waals surface area contributed by atoms with Crippen molar-refractivity contribution in [3.63, 3.8) is 0 Å². The zero-order valence-corrected chi connectivity index (χ0v) is 11.9. The molecule has 4 rings (SSSR count). The number of carbonyl (C=O) groups is 2. The van der Waals surface area contributed by atoms with E-state index < -0.39 is 12.0 Å². The summed E-state index contributed by atoms with van der Waals surface area (Å²) >= 11 is 0. The van der Waals surface area contributed by atoms with Crippen molar-refractivity contribution in [2.24, 2.45) is 5.73 Å². The summed E-state index contributed by atoms with van der Waals surface area (Å²) in [5.41, 5.74) is 7.21. The van der Waals surface area contributed by atoms with Crippen molar-refractivity contribution in [3.8, 4) is 5.75 Å². The number of rotatable bonds is 1. The van der Waals surface area contributed by atoms with E-state index in [4.69, 9.17) is 10.5 Å². The fraction of sp³-hybridized carbons (Fsp3) is 0.111. The number of nitrogens with two attached hydrogens (primary N) is 1. The number of carbonyl (C=O) groups excluding carboxylic acids is 2. The SMILES string of the molecule is CC(=O)c1cccc2c1c1c(c3ccccc32)OC(=O)C1N. The van der Waals surface area contributed by atoms with E-state index in [0.717, 1.165) is 21.5 Å². The van der Waals surface area contributed by atoms with Gasteiger partial charge in [0.25, 0.3) is 0 Å². The molecule has 0 spiro atoms. The lowest BCUT2D eigenvalue weighted by Crippen LogP contribution is -2.18. The third-order valence-electron chi connectivity index (χ3n) is 4.19. The molecule has 0 aromatic heterocycles. The molecule has 4 nitrogen and oxygen atoms in total. The van der Waals surface area contributed by atoms with Gasteiger partial charge in [-0.15, -0.1) is 0 Å². The maximum Gasteiger partial charge on any atom is 0.333 e. The van der Waals surface area contributed by atoms with Crippen LogP contribution in [0.1, 0.15) is 28.9 Å². The Morgan fingerprint density at radius 2 is 1.73 bits per heavy atom. The molecule has 3 aromatic rings. The van der Waals surface area contributed by atoms with E-state index in [9.17, 15) is 9.59 Å². The van der Waals surface area contributed by atoms with E-state index in [-0.39, 0.29) is 5.78 Å². The Balaban J connectivity index is 2.32. The maximum absolute atomic E-state index is 12.0. The zero-order valence-electron chi connectivity index (χ0n) is 11.9. The van der Waals surface area contributed by atoms with Gasteiger partial charge in [-0.2, -0.15) is 0 Å². The molecular weight excluding hydrogens is 278 g/mol. The molecule has 1 unspecified atom stereocenters. The first-order valence-electron chi connectivity index (χ1n) is 7.05. The number of hydrogen-bond donors (Lipinski definition) is 1. The van der Waals surface area contributed by atoms with E-state index >= 15 is 0 Å². The number of Topliss-reactive ketones (excluding diaryl/α,β-unsaturated/α-hetero) is 1. The highest BCUT2D eigenvalue weighted by Crippen LogP contribution is 2.45. The second-order valence-corrected chi connectivity index (χ2v) is 5.47. The molecule has 0 bridgehead atoms. The van der Waals surface area contributed by atoms with Crippen molar-refractivity contribution in [3.05, 3.63) is 53.6 Å². The van der Waals surface area contributed by atoms with Gasteiger partial charge in [0, 0.05) is 21.9 Å². The van der Waals surface area contributed by atoms with E-state index in [1.54, 1.807) is 6.07 Å². The number of ether oxygens (including phenoxy) is 1. The summed E-state index contributed by atoms with van der Waals surface area (Å²) < 4.78 is 5.40. The Morgan fingerprint density at radius 3 is 2.45 bits per heavy atom. The Hall–Kier alpha value is -2.72. The molecule has 0 radical (unpaired) electrons. The Bertz CT molecular complexity index is 975. The molecule has 4 heteroatoms. The van der Waals surface area contributed by atoms with Gasteiger partial charge in [-0.3, -0.25) is 4.79 Å². The molecule has 108 valence electrons. The number of ketones is 1. The van der Waals surface area contributed by atoms with Crippen LogP contribution in [0.15, 0.2) is 42.5 Å². The standard InChI is InChI=1S/C18H13NO3/c1-9(20)10-7-4-8-12-11-5-2-3-6-13(11)17-15(14(10)12)16(19)18(21)22-17/h2-8,16H,19H2,1H3. The summed E-state index contributed by atoms with van der Waals surface area (Å²) in [7, 11) is 0. The van der Waals surface area contributed by atoms with Crippen LogP contribution < -0.4 is 10.5 Å². The van der Waals surface area contributed by atoms with Crippen LogP contribution in [0, 0.1) is 0 Å². The number of fused-ring (bicyclic) bond motifs is 6. The van der Waals surface area contributed by atoms with Crippen LogP contribution >= 0.6 is 0 Å². The van der Waals surface area contributed by atoms with Crippen LogP contribution in [-0.4, -0.2) is 11.8 Å². The highest BCUT2D eigenvalue weighted by molar-refractivity contribution is 6.20. The second kappa shape index (κ2) is 4.39. The molecule has 0 saturated heterocycles. The molecule has 1 aliphatic rings. The fourth-order valence-corrected chi connectivity index (χ4v) is 3.22. The predicted molar refractivity (Wildman–Crippen MR) is 84.0 cm³/mol. The van der Waals surface area contributed by atoms with Crippen LogP contribution in [0.4, 0.5) is 0 Å². The Kier molecular flexibility index (Phi) is 2.59. The molecule has 0 fully saturated rings. The van der Waals surface area contributed by atoms with Gasteiger partial charge in [-0.1, -0.05) is 42.5 Å². The lowest BCUT2D eigenvalue weighted by atomic mass is 9.90. The Morgan fingerprint density at radius 1 is 1.05 bits per heavy atom. The molecule has 0 amide bonds.